The molecule has 0 aromatic heterocycles. The smallest absolute Gasteiger partial charge is 0.258 e. The number of rotatable bonds is 13. The maximum atomic E-state index is 13.0. The molecule has 0 saturated carbocycles. The minimum Gasteiger partial charge on any atom is -0.407 e. The molecule has 210 valence electrons. The van der Waals surface area contributed by atoms with Crippen LogP contribution >= 0.6 is 0 Å². The first-order valence-corrected chi connectivity index (χ1v) is 16.2. The number of aliphatic imine (C=N–C) groups is 1. The first-order valence-electron chi connectivity index (χ1n) is 13.3. The van der Waals surface area contributed by atoms with Gasteiger partial charge in [0.25, 0.3) is 5.91 Å². The molecule has 2 atom stereocenters. The lowest BCUT2D eigenvalue weighted by atomic mass is 10.2. The summed E-state index contributed by atoms with van der Waals surface area (Å²) in [6.07, 6.45) is -1.12. The summed E-state index contributed by atoms with van der Waals surface area (Å²) in [5.41, 5.74) is 4.33. The number of nitrogens with one attached hydrogen (secondary N) is 2. The van der Waals surface area contributed by atoms with Crippen LogP contribution in [0.1, 0.15) is 57.5 Å². The maximum absolute atomic E-state index is 13.0. The fourth-order valence-corrected chi connectivity index (χ4v) is 4.70. The molecule has 2 N–H and O–H groups in total. The molecule has 0 unspecified atom stereocenters. The van der Waals surface area contributed by atoms with E-state index in [9.17, 15) is 4.79 Å². The van der Waals surface area contributed by atoms with Gasteiger partial charge in [-0.15, -0.1) is 0 Å². The Labute approximate surface area is 229 Å². The van der Waals surface area contributed by atoms with Crippen molar-refractivity contribution < 1.29 is 23.5 Å². The number of ether oxygens (including phenoxy) is 2. The number of benzene rings is 2. The molecule has 0 bridgehead atoms. The Morgan fingerprint density at radius 3 is 2.03 bits per heavy atom. The molecule has 2 aromatic carbocycles. The topological polar surface area (TPSA) is 90.4 Å². The Balaban J connectivity index is 2.35. The zero-order valence-electron chi connectivity index (χ0n) is 24.1. The molecule has 8 nitrogen and oxygen atoms in total. The number of hydroxylamine groups is 1. The number of amides is 1. The van der Waals surface area contributed by atoms with E-state index in [1.54, 1.807) is 12.1 Å². The van der Waals surface area contributed by atoms with Gasteiger partial charge in [0.05, 0.1) is 12.6 Å². The molecule has 9 heteroatoms. The Bertz CT molecular complexity index is 990. The molecule has 0 spiro atoms. The van der Waals surface area contributed by atoms with Crippen molar-refractivity contribution in [3.63, 3.8) is 0 Å². The van der Waals surface area contributed by atoms with E-state index in [2.05, 4.69) is 44.7 Å². The second-order valence-electron chi connectivity index (χ2n) is 10.5. The van der Waals surface area contributed by atoms with E-state index in [1.165, 1.54) is 0 Å². The van der Waals surface area contributed by atoms with Gasteiger partial charge in [-0.2, -0.15) is 0 Å². The summed E-state index contributed by atoms with van der Waals surface area (Å²) in [6.45, 7) is 17.9. The maximum Gasteiger partial charge on any atom is 0.258 e. The zero-order valence-corrected chi connectivity index (χ0v) is 25.1. The molecular weight excluding hydrogens is 498 g/mol. The summed E-state index contributed by atoms with van der Waals surface area (Å²) >= 11 is 0. The van der Waals surface area contributed by atoms with Crippen LogP contribution in [0.4, 0.5) is 0 Å². The Morgan fingerprint density at radius 1 is 0.947 bits per heavy atom. The number of hydrogen-bond acceptors (Lipinski definition) is 6. The molecule has 38 heavy (non-hydrogen) atoms. The Kier molecular flexibility index (Phi) is 12.6. The van der Waals surface area contributed by atoms with E-state index in [1.807, 2.05) is 69.3 Å². The molecule has 0 aliphatic heterocycles. The van der Waals surface area contributed by atoms with Gasteiger partial charge in [-0.3, -0.25) is 14.9 Å². The second-order valence-corrected chi connectivity index (χ2v) is 15.3. The molecule has 2 aromatic rings. The summed E-state index contributed by atoms with van der Waals surface area (Å²) < 4.78 is 18.7. The number of carbonyl (C=O) groups is 1. The predicted octanol–water partition coefficient (Wildman–Crippen LogP) is 5.67. The van der Waals surface area contributed by atoms with Crippen molar-refractivity contribution in [3.8, 4) is 0 Å². The van der Waals surface area contributed by atoms with Crippen molar-refractivity contribution in [3.05, 3.63) is 71.8 Å². The van der Waals surface area contributed by atoms with Crippen molar-refractivity contribution in [1.82, 2.24) is 10.8 Å². The number of hydrogen-bond donors (Lipinski definition) is 2. The molecule has 2 rings (SSSR count). The molecule has 0 heterocycles. The predicted molar refractivity (Wildman–Crippen MR) is 154 cm³/mol. The van der Waals surface area contributed by atoms with Crippen molar-refractivity contribution in [2.75, 3.05) is 13.2 Å². The van der Waals surface area contributed by atoms with Crippen molar-refractivity contribution in [2.45, 2.75) is 84.7 Å². The van der Waals surface area contributed by atoms with Crippen LogP contribution in [0, 0.1) is 0 Å². The van der Waals surface area contributed by atoms with E-state index in [0.29, 0.717) is 25.4 Å². The molecule has 0 radical (unpaired) electrons. The minimum absolute atomic E-state index is 0.0287. The van der Waals surface area contributed by atoms with E-state index >= 15 is 0 Å². The second kappa shape index (κ2) is 15.1. The first-order chi connectivity index (χ1) is 18.0. The van der Waals surface area contributed by atoms with Crippen LogP contribution in [0.15, 0.2) is 65.7 Å². The Hall–Kier alpha value is -2.56. The summed E-state index contributed by atoms with van der Waals surface area (Å²) in [5, 5.41) is 2.82. The van der Waals surface area contributed by atoms with Gasteiger partial charge in [-0.25, -0.2) is 10.5 Å². The monoisotopic (exact) mass is 543 g/mol. The standard InChI is InChI=1S/C29H45N3O5Si/c1-9-34-27(35-10-2)25(37-38(7,8)29(4,5)6)22(3)30-28(31-26(33)24-19-15-12-16-20-24)32-36-21-23-17-13-11-14-18-23/h11-20,22,25,27H,9-10,21H2,1-8H3,(H2,30,31,32,33)/t22-,25-/m1/s1. The summed E-state index contributed by atoms with van der Waals surface area (Å²) in [6, 6.07) is 18.3. The van der Waals surface area contributed by atoms with Crippen molar-refractivity contribution >= 4 is 20.2 Å². The summed E-state index contributed by atoms with van der Waals surface area (Å²) in [4.78, 5) is 23.5. The van der Waals surface area contributed by atoms with Crippen LogP contribution in [-0.4, -0.2) is 51.8 Å². The van der Waals surface area contributed by atoms with Crippen LogP contribution in [0.25, 0.3) is 0 Å². The Morgan fingerprint density at radius 2 is 1.50 bits per heavy atom. The highest BCUT2D eigenvalue weighted by atomic mass is 28.4. The van der Waals surface area contributed by atoms with Crippen LogP contribution in [0.2, 0.25) is 18.1 Å². The van der Waals surface area contributed by atoms with E-state index in [4.69, 9.17) is 23.7 Å². The molecule has 0 saturated heterocycles. The quantitative estimate of drug-likeness (QED) is 0.111. The molecule has 1 amide bonds. The number of nitrogens with zero attached hydrogens (tertiary/aromatic N) is 1. The first kappa shape index (κ1) is 31.7. The number of guanidine groups is 1. The summed E-state index contributed by atoms with van der Waals surface area (Å²) in [7, 11) is -2.23. The van der Waals surface area contributed by atoms with Gasteiger partial charge in [-0.05, 0) is 56.6 Å². The van der Waals surface area contributed by atoms with Gasteiger partial charge in [0.2, 0.25) is 5.96 Å². The van der Waals surface area contributed by atoms with E-state index in [-0.39, 0.29) is 16.9 Å². The average Bonchev–Trinajstić information content (AvgIpc) is 2.87. The lowest BCUT2D eigenvalue weighted by Crippen LogP contribution is -2.52. The average molecular weight is 544 g/mol. The van der Waals surface area contributed by atoms with Crippen molar-refractivity contribution in [1.29, 1.82) is 0 Å². The SMILES string of the molecule is CCOC(OCC)[C@H](O[Si](C)(C)C(C)(C)C)[C@@H](C)N=C(NOCc1ccccc1)NC(=O)c1ccccc1. The third kappa shape index (κ3) is 9.96. The fourth-order valence-electron chi connectivity index (χ4n) is 3.36. The fraction of sp³-hybridized carbons (Fsp3) is 0.517. The highest BCUT2D eigenvalue weighted by Gasteiger charge is 2.43. The third-order valence-corrected chi connectivity index (χ3v) is 11.0. The van der Waals surface area contributed by atoms with Crippen LogP contribution in [0.3, 0.4) is 0 Å². The molecule has 0 fully saturated rings. The van der Waals surface area contributed by atoms with E-state index < -0.39 is 26.8 Å². The van der Waals surface area contributed by atoms with Gasteiger partial charge in [0.15, 0.2) is 14.6 Å². The third-order valence-electron chi connectivity index (χ3n) is 6.49. The van der Waals surface area contributed by atoms with Crippen molar-refractivity contribution in [2.24, 2.45) is 4.99 Å². The van der Waals surface area contributed by atoms with Gasteiger partial charge < -0.3 is 13.9 Å². The molecule has 0 aliphatic rings. The highest BCUT2D eigenvalue weighted by molar-refractivity contribution is 6.74. The lowest BCUT2D eigenvalue weighted by molar-refractivity contribution is -0.188. The molecule has 0 aliphatic carbocycles. The van der Waals surface area contributed by atoms with Gasteiger partial charge in [0.1, 0.15) is 6.10 Å². The zero-order chi connectivity index (χ0) is 28.2. The lowest BCUT2D eigenvalue weighted by Gasteiger charge is -2.42. The van der Waals surface area contributed by atoms with Gasteiger partial charge in [0, 0.05) is 18.8 Å². The highest BCUT2D eigenvalue weighted by Crippen LogP contribution is 2.38. The van der Waals surface area contributed by atoms with Crippen LogP contribution < -0.4 is 10.8 Å². The van der Waals surface area contributed by atoms with Gasteiger partial charge in [-0.1, -0.05) is 69.3 Å². The molecular formula is C29H45N3O5Si. The minimum atomic E-state index is -2.23. The van der Waals surface area contributed by atoms with Crippen LogP contribution in [-0.2, 0) is 25.3 Å². The van der Waals surface area contributed by atoms with Gasteiger partial charge >= 0.3 is 0 Å². The largest absolute Gasteiger partial charge is 0.407 e. The summed E-state index contributed by atoms with van der Waals surface area (Å²) in [5.74, 6) is -0.127. The normalized spacial score (nSPS) is 14.3. The number of carbonyl (C=O) groups excluding carboxylic acids is 1. The van der Waals surface area contributed by atoms with Crippen LogP contribution in [0.5, 0.6) is 0 Å². The van der Waals surface area contributed by atoms with E-state index in [0.717, 1.165) is 5.56 Å².